The number of β-amino-alcohol motifs (C(OH)–C–C–N with tert-alkyl or cyclic N) is 1. The van der Waals surface area contributed by atoms with Gasteiger partial charge in [0.1, 0.15) is 12.2 Å². The summed E-state index contributed by atoms with van der Waals surface area (Å²) in [4.78, 5) is 30.5. The topological polar surface area (TPSA) is 255 Å². The predicted octanol–water partition coefficient (Wildman–Crippen LogP) is -2.38. The SMILES string of the molecule is C=CC1C(OC2OC(CO)C(O)C(O)(O)C2OCC)OC=C(C(=O)OC)C1C=CC1=CN(CCO)CC(C(=O)O)=C1NC(N)=NC. The molecule has 0 aromatic rings. The van der Waals surface area contributed by atoms with Crippen molar-refractivity contribution in [2.45, 2.75) is 43.6 Å². The Hall–Kier alpha value is -3.81. The lowest BCUT2D eigenvalue weighted by Gasteiger charge is -2.47. The molecule has 0 radical (unpaired) electrons. The third kappa shape index (κ3) is 7.94. The molecule has 3 aliphatic heterocycles. The lowest BCUT2D eigenvalue weighted by molar-refractivity contribution is -0.410. The van der Waals surface area contributed by atoms with E-state index in [0.717, 1.165) is 6.26 Å². The molecule has 0 bridgehead atoms. The van der Waals surface area contributed by atoms with Crippen LogP contribution in [0.5, 0.6) is 0 Å². The van der Waals surface area contributed by atoms with E-state index in [0.29, 0.717) is 5.57 Å². The van der Waals surface area contributed by atoms with E-state index < -0.39 is 67.1 Å². The minimum absolute atomic E-state index is 0.0285. The highest BCUT2D eigenvalue weighted by Crippen LogP contribution is 2.38. The van der Waals surface area contributed by atoms with Crippen LogP contribution < -0.4 is 11.1 Å². The second kappa shape index (κ2) is 16.1. The minimum atomic E-state index is -2.88. The Morgan fingerprint density at radius 1 is 1.30 bits per heavy atom. The Morgan fingerprint density at radius 3 is 2.59 bits per heavy atom. The highest BCUT2D eigenvalue weighted by molar-refractivity contribution is 5.92. The highest BCUT2D eigenvalue weighted by Gasteiger charge is 2.57. The van der Waals surface area contributed by atoms with Crippen LogP contribution in [0.1, 0.15) is 6.92 Å². The number of nitrogens with one attached hydrogen (secondary N) is 1. The number of aliphatic carboxylic acids is 1. The quantitative estimate of drug-likeness (QED) is 0.0339. The Balaban J connectivity index is 2.05. The van der Waals surface area contributed by atoms with Crippen LogP contribution in [0.3, 0.4) is 0 Å². The summed E-state index contributed by atoms with van der Waals surface area (Å²) in [5, 5.41) is 63.7. The average Bonchev–Trinajstić information content (AvgIpc) is 3.03. The number of hydrogen-bond acceptors (Lipinski definition) is 14. The van der Waals surface area contributed by atoms with Gasteiger partial charge in [-0.3, -0.25) is 4.99 Å². The molecule has 9 N–H and O–H groups in total. The van der Waals surface area contributed by atoms with Crippen LogP contribution in [-0.2, 0) is 33.3 Å². The van der Waals surface area contributed by atoms with E-state index in [4.69, 9.17) is 29.4 Å². The number of guanidine groups is 1. The van der Waals surface area contributed by atoms with Gasteiger partial charge in [0.25, 0.3) is 0 Å². The molecule has 0 aromatic heterocycles. The fourth-order valence-electron chi connectivity index (χ4n) is 5.20. The number of carboxylic acid groups (broad SMARTS) is 1. The van der Waals surface area contributed by atoms with E-state index >= 15 is 0 Å². The predicted molar refractivity (Wildman–Crippen MR) is 159 cm³/mol. The number of ether oxygens (including phenoxy) is 5. The molecule has 17 heteroatoms. The van der Waals surface area contributed by atoms with Crippen molar-refractivity contribution in [2.75, 3.05) is 47.1 Å². The molecule has 0 saturated carbocycles. The van der Waals surface area contributed by atoms with Gasteiger partial charge < -0.3 is 70.3 Å². The number of rotatable bonds is 13. The smallest absolute Gasteiger partial charge is 0.337 e. The maximum Gasteiger partial charge on any atom is 0.337 e. The van der Waals surface area contributed by atoms with Gasteiger partial charge in [0.15, 0.2) is 18.4 Å². The lowest BCUT2D eigenvalue weighted by atomic mass is 9.83. The van der Waals surface area contributed by atoms with E-state index in [9.17, 15) is 40.2 Å². The van der Waals surface area contributed by atoms with Crippen molar-refractivity contribution in [1.29, 1.82) is 0 Å². The fraction of sp³-hybridized carbons (Fsp3) is 0.552. The molecule has 3 heterocycles. The van der Waals surface area contributed by atoms with Crippen LogP contribution in [0.2, 0.25) is 0 Å². The number of esters is 1. The molecular formula is C29H42N4O13. The molecular weight excluding hydrogens is 612 g/mol. The van der Waals surface area contributed by atoms with Gasteiger partial charge in [-0.15, -0.1) is 6.58 Å². The molecule has 7 atom stereocenters. The second-order valence-electron chi connectivity index (χ2n) is 10.4. The van der Waals surface area contributed by atoms with Gasteiger partial charge in [0.2, 0.25) is 12.1 Å². The number of carbonyl (C=O) groups excluding carboxylic acids is 1. The van der Waals surface area contributed by atoms with Gasteiger partial charge in [-0.25, -0.2) is 9.59 Å². The van der Waals surface area contributed by atoms with E-state index in [2.05, 4.69) is 16.9 Å². The number of methoxy groups -OCH3 is 1. The summed E-state index contributed by atoms with van der Waals surface area (Å²) in [6.07, 6.45) is -0.705. The van der Waals surface area contributed by atoms with Gasteiger partial charge >= 0.3 is 11.9 Å². The van der Waals surface area contributed by atoms with Crippen molar-refractivity contribution >= 4 is 17.9 Å². The average molecular weight is 655 g/mol. The summed E-state index contributed by atoms with van der Waals surface area (Å²) < 4.78 is 27.7. The van der Waals surface area contributed by atoms with Crippen molar-refractivity contribution in [1.82, 2.24) is 10.2 Å². The van der Waals surface area contributed by atoms with Gasteiger partial charge in [-0.2, -0.15) is 0 Å². The van der Waals surface area contributed by atoms with Crippen molar-refractivity contribution in [3.63, 3.8) is 0 Å². The summed E-state index contributed by atoms with van der Waals surface area (Å²) in [6, 6.07) is 0. The number of allylic oxidation sites excluding steroid dienone is 2. The van der Waals surface area contributed by atoms with E-state index in [1.807, 2.05) is 0 Å². The zero-order chi connectivity index (χ0) is 34.2. The molecule has 0 amide bonds. The molecule has 0 spiro atoms. The fourth-order valence-corrected chi connectivity index (χ4v) is 5.20. The first-order chi connectivity index (χ1) is 21.9. The molecule has 1 saturated heterocycles. The molecule has 1 fully saturated rings. The lowest BCUT2D eigenvalue weighted by Crippen LogP contribution is -2.68. The first kappa shape index (κ1) is 36.7. The van der Waals surface area contributed by atoms with Gasteiger partial charge in [-0.05, 0) is 6.92 Å². The molecule has 7 unspecified atom stereocenters. The summed E-state index contributed by atoms with van der Waals surface area (Å²) in [5.74, 6) is -6.70. The number of aliphatic hydroxyl groups excluding tert-OH is 3. The van der Waals surface area contributed by atoms with Crippen molar-refractivity contribution in [3.8, 4) is 0 Å². The summed E-state index contributed by atoms with van der Waals surface area (Å²) >= 11 is 0. The molecule has 0 aliphatic carbocycles. The molecule has 3 aliphatic rings. The summed E-state index contributed by atoms with van der Waals surface area (Å²) in [7, 11) is 2.59. The Morgan fingerprint density at radius 2 is 2.02 bits per heavy atom. The molecule has 0 aromatic carbocycles. The molecule has 256 valence electrons. The minimum Gasteiger partial charge on any atom is -0.478 e. The maximum atomic E-state index is 12.8. The Bertz CT molecular complexity index is 1280. The van der Waals surface area contributed by atoms with Crippen LogP contribution in [0.15, 0.2) is 64.7 Å². The zero-order valence-electron chi connectivity index (χ0n) is 25.7. The second-order valence-corrected chi connectivity index (χ2v) is 10.4. The largest absolute Gasteiger partial charge is 0.478 e. The molecule has 3 rings (SSSR count). The number of carboxylic acids is 1. The van der Waals surface area contributed by atoms with Crippen LogP contribution >= 0.6 is 0 Å². The highest BCUT2D eigenvalue weighted by atomic mass is 16.8. The van der Waals surface area contributed by atoms with Crippen molar-refractivity contribution in [2.24, 2.45) is 22.6 Å². The number of hydrogen-bond donors (Lipinski definition) is 8. The van der Waals surface area contributed by atoms with Crippen LogP contribution in [0.4, 0.5) is 0 Å². The van der Waals surface area contributed by atoms with Gasteiger partial charge in [0, 0.05) is 37.9 Å². The van der Waals surface area contributed by atoms with Crippen LogP contribution in [0.25, 0.3) is 0 Å². The van der Waals surface area contributed by atoms with Crippen LogP contribution in [-0.4, -0.2) is 137 Å². The van der Waals surface area contributed by atoms with E-state index in [1.54, 1.807) is 24.1 Å². The first-order valence-corrected chi connectivity index (χ1v) is 14.3. The molecule has 46 heavy (non-hydrogen) atoms. The van der Waals surface area contributed by atoms with Gasteiger partial charge in [-0.1, -0.05) is 18.2 Å². The molecule has 17 nitrogen and oxygen atoms in total. The number of aliphatic hydroxyl groups is 5. The third-order valence-corrected chi connectivity index (χ3v) is 7.56. The maximum absolute atomic E-state index is 12.8. The van der Waals surface area contributed by atoms with Crippen LogP contribution in [0, 0.1) is 11.8 Å². The number of aliphatic imine (C=N–C) groups is 1. The standard InChI is InChI=1S/C29H42N4O13/c1-5-16-17(8-7-15-11-33(9-10-34)12-18(24(37)38)21(15)32-28(30)31-3)19(25(39)42-4)14-44-26(16)46-27-23(43-6-2)29(40,41)22(36)20(13-35)45-27/h5,7-8,11,14,16-17,20,22-23,26-27,34-36,40-41H,1,6,9-10,12-13H2,2-4H3,(H,37,38)(H3,30,31,32). The van der Waals surface area contributed by atoms with E-state index in [1.165, 1.54) is 26.3 Å². The third-order valence-electron chi connectivity index (χ3n) is 7.56. The monoisotopic (exact) mass is 654 g/mol. The van der Waals surface area contributed by atoms with Crippen molar-refractivity contribution in [3.05, 3.63) is 59.7 Å². The number of nitrogens with two attached hydrogens (primary N) is 1. The summed E-state index contributed by atoms with van der Waals surface area (Å²) in [5.41, 5.74) is 6.29. The van der Waals surface area contributed by atoms with Crippen molar-refractivity contribution < 1.29 is 63.9 Å². The zero-order valence-corrected chi connectivity index (χ0v) is 25.7. The number of nitrogens with zero attached hydrogens (tertiary/aromatic N) is 2. The van der Waals surface area contributed by atoms with Gasteiger partial charge in [0.05, 0.1) is 55.9 Å². The normalized spacial score (nSPS) is 30.0. The summed E-state index contributed by atoms with van der Waals surface area (Å²) in [6.45, 7) is 4.43. The Labute approximate surface area is 265 Å². The number of carbonyl (C=O) groups is 2. The first-order valence-electron chi connectivity index (χ1n) is 14.3. The Kier molecular flexibility index (Phi) is 12.9. The van der Waals surface area contributed by atoms with E-state index in [-0.39, 0.29) is 49.1 Å².